The number of nitrogens with zero attached hydrogens (tertiary/aromatic N) is 1. The molecule has 1 aromatic rings. The predicted molar refractivity (Wildman–Crippen MR) is 65.7 cm³/mol. The Morgan fingerprint density at radius 2 is 2.20 bits per heavy atom. The van der Waals surface area contributed by atoms with Gasteiger partial charge in [-0.1, -0.05) is 12.1 Å². The Labute approximate surface area is 103 Å². The molecule has 0 bridgehead atoms. The van der Waals surface area contributed by atoms with E-state index >= 15 is 0 Å². The van der Waals surface area contributed by atoms with Crippen LogP contribution < -0.4 is 0 Å². The summed E-state index contributed by atoms with van der Waals surface area (Å²) in [6.45, 7) is 2.73. The Hall–Kier alpha value is -0.120. The molecule has 0 aromatic heterocycles. The van der Waals surface area contributed by atoms with Crippen LogP contribution in [0.25, 0.3) is 0 Å². The van der Waals surface area contributed by atoms with Gasteiger partial charge in [0.05, 0.1) is 4.47 Å². The minimum absolute atomic E-state index is 0.223. The second-order valence-corrected chi connectivity index (χ2v) is 4.73. The topological polar surface area (TPSA) is 3.24 Å². The van der Waals surface area contributed by atoms with Crippen molar-refractivity contribution in [3.05, 3.63) is 34.1 Å². The van der Waals surface area contributed by atoms with Gasteiger partial charge in [-0.3, -0.25) is 4.90 Å². The van der Waals surface area contributed by atoms with Crippen LogP contribution in [0, 0.1) is 5.82 Å². The summed E-state index contributed by atoms with van der Waals surface area (Å²) in [5, 5.41) is 0. The maximum absolute atomic E-state index is 13.2. The smallest absolute Gasteiger partial charge is 0.137 e. The van der Waals surface area contributed by atoms with Gasteiger partial charge in [-0.2, -0.15) is 0 Å². The van der Waals surface area contributed by atoms with Crippen LogP contribution in [0.4, 0.5) is 4.39 Å². The maximum Gasteiger partial charge on any atom is 0.137 e. The molecule has 0 fully saturated rings. The molecule has 4 heteroatoms. The summed E-state index contributed by atoms with van der Waals surface area (Å²) in [4.78, 5) is 2.09. The van der Waals surface area contributed by atoms with Gasteiger partial charge < -0.3 is 0 Å². The van der Waals surface area contributed by atoms with E-state index in [1.165, 1.54) is 6.07 Å². The number of alkyl halides is 1. The van der Waals surface area contributed by atoms with E-state index in [4.69, 9.17) is 11.6 Å². The molecule has 0 aliphatic rings. The van der Waals surface area contributed by atoms with Gasteiger partial charge in [0.1, 0.15) is 5.82 Å². The number of hydrogen-bond acceptors (Lipinski definition) is 1. The predicted octanol–water partition coefficient (Wildman–Crippen LogP) is 3.65. The van der Waals surface area contributed by atoms with Crippen LogP contribution in [-0.4, -0.2) is 23.9 Å². The Kier molecular flexibility index (Phi) is 5.03. The second-order valence-electron chi connectivity index (χ2n) is 3.63. The van der Waals surface area contributed by atoms with Gasteiger partial charge in [0.15, 0.2) is 0 Å². The second kappa shape index (κ2) is 5.83. The van der Waals surface area contributed by atoms with Crippen LogP contribution in [0.1, 0.15) is 12.5 Å². The van der Waals surface area contributed by atoms with Crippen LogP contribution in [0.15, 0.2) is 22.7 Å². The lowest BCUT2D eigenvalue weighted by molar-refractivity contribution is 0.267. The minimum Gasteiger partial charge on any atom is -0.298 e. The van der Waals surface area contributed by atoms with E-state index in [1.54, 1.807) is 6.07 Å². The summed E-state index contributed by atoms with van der Waals surface area (Å²) in [6, 6.07) is 5.35. The van der Waals surface area contributed by atoms with Gasteiger partial charge in [-0.05, 0) is 41.5 Å². The number of halogens is 3. The third-order valence-corrected chi connectivity index (χ3v) is 3.76. The van der Waals surface area contributed by atoms with E-state index in [0.717, 1.165) is 5.56 Å². The van der Waals surface area contributed by atoms with Crippen molar-refractivity contribution in [2.24, 2.45) is 0 Å². The first kappa shape index (κ1) is 12.9. The van der Waals surface area contributed by atoms with Crippen molar-refractivity contribution in [3.63, 3.8) is 0 Å². The van der Waals surface area contributed by atoms with Crippen molar-refractivity contribution in [2.45, 2.75) is 19.5 Å². The lowest BCUT2D eigenvalue weighted by Crippen LogP contribution is -2.30. The normalized spacial score (nSPS) is 13.2. The first-order valence-corrected chi connectivity index (χ1v) is 6.08. The molecular weight excluding hydrogens is 280 g/mol. The van der Waals surface area contributed by atoms with Gasteiger partial charge in [0, 0.05) is 18.5 Å². The molecule has 1 nitrogen and oxygen atoms in total. The zero-order valence-electron chi connectivity index (χ0n) is 8.80. The Morgan fingerprint density at radius 3 is 2.80 bits per heavy atom. The van der Waals surface area contributed by atoms with Gasteiger partial charge in [0.25, 0.3) is 0 Å². The Morgan fingerprint density at radius 1 is 1.53 bits per heavy atom. The molecule has 0 heterocycles. The SMILES string of the molecule is CC(CCl)N(C)Cc1cccc(F)c1Br. The fourth-order valence-corrected chi connectivity index (χ4v) is 1.84. The molecule has 0 saturated heterocycles. The quantitative estimate of drug-likeness (QED) is 0.766. The highest BCUT2D eigenvalue weighted by molar-refractivity contribution is 9.10. The highest BCUT2D eigenvalue weighted by Gasteiger charge is 2.11. The molecule has 84 valence electrons. The molecule has 0 saturated carbocycles. The van der Waals surface area contributed by atoms with E-state index in [9.17, 15) is 4.39 Å². The van der Waals surface area contributed by atoms with E-state index in [1.807, 2.05) is 20.0 Å². The lowest BCUT2D eigenvalue weighted by Gasteiger charge is -2.23. The lowest BCUT2D eigenvalue weighted by atomic mass is 10.2. The van der Waals surface area contributed by atoms with E-state index in [2.05, 4.69) is 20.8 Å². The minimum atomic E-state index is -0.223. The van der Waals surface area contributed by atoms with Crippen LogP contribution in [0.2, 0.25) is 0 Å². The van der Waals surface area contributed by atoms with Gasteiger partial charge in [-0.15, -0.1) is 11.6 Å². The molecule has 0 aliphatic heterocycles. The van der Waals surface area contributed by atoms with Crippen molar-refractivity contribution in [3.8, 4) is 0 Å². The molecular formula is C11H14BrClFN. The van der Waals surface area contributed by atoms with Crippen LogP contribution in [0.5, 0.6) is 0 Å². The summed E-state index contributed by atoms with van der Waals surface area (Å²) < 4.78 is 13.8. The highest BCUT2D eigenvalue weighted by atomic mass is 79.9. The molecule has 1 rings (SSSR count). The number of hydrogen-bond donors (Lipinski definition) is 0. The third kappa shape index (κ3) is 3.44. The van der Waals surface area contributed by atoms with Crippen LogP contribution in [-0.2, 0) is 6.54 Å². The number of rotatable bonds is 4. The van der Waals surface area contributed by atoms with E-state index in [0.29, 0.717) is 16.9 Å². The zero-order chi connectivity index (χ0) is 11.4. The van der Waals surface area contributed by atoms with E-state index < -0.39 is 0 Å². The molecule has 0 aliphatic carbocycles. The molecule has 0 spiro atoms. The molecule has 0 amide bonds. The van der Waals surface area contributed by atoms with Gasteiger partial charge in [0.2, 0.25) is 0 Å². The first-order valence-electron chi connectivity index (χ1n) is 4.75. The largest absolute Gasteiger partial charge is 0.298 e. The molecule has 1 aromatic carbocycles. The molecule has 1 atom stereocenters. The van der Waals surface area contributed by atoms with Crippen molar-refractivity contribution >= 4 is 27.5 Å². The Balaban J connectivity index is 2.76. The molecule has 0 N–H and O–H groups in total. The standard InChI is InChI=1S/C11H14BrClFN/c1-8(6-13)15(2)7-9-4-3-5-10(14)11(9)12/h3-5,8H,6-7H2,1-2H3. The maximum atomic E-state index is 13.2. The number of benzene rings is 1. The van der Waals surface area contributed by atoms with E-state index in [-0.39, 0.29) is 11.9 Å². The average molecular weight is 295 g/mol. The van der Waals surface area contributed by atoms with Crippen molar-refractivity contribution in [1.29, 1.82) is 0 Å². The van der Waals surface area contributed by atoms with Crippen molar-refractivity contribution < 1.29 is 4.39 Å². The highest BCUT2D eigenvalue weighted by Crippen LogP contribution is 2.22. The van der Waals surface area contributed by atoms with Crippen LogP contribution in [0.3, 0.4) is 0 Å². The Bertz CT molecular complexity index is 332. The van der Waals surface area contributed by atoms with Gasteiger partial charge in [-0.25, -0.2) is 4.39 Å². The van der Waals surface area contributed by atoms with Crippen molar-refractivity contribution in [2.75, 3.05) is 12.9 Å². The summed E-state index contributed by atoms with van der Waals surface area (Å²) >= 11 is 9.00. The van der Waals surface area contributed by atoms with Gasteiger partial charge >= 0.3 is 0 Å². The van der Waals surface area contributed by atoms with Crippen LogP contribution >= 0.6 is 27.5 Å². The first-order chi connectivity index (χ1) is 7.06. The molecule has 1 unspecified atom stereocenters. The summed E-state index contributed by atoms with van der Waals surface area (Å²) in [7, 11) is 1.98. The fraction of sp³-hybridized carbons (Fsp3) is 0.455. The summed E-state index contributed by atoms with van der Waals surface area (Å²) in [6.07, 6.45) is 0. The molecule has 0 radical (unpaired) electrons. The average Bonchev–Trinajstić information content (AvgIpc) is 2.23. The van der Waals surface area contributed by atoms with Crippen molar-refractivity contribution in [1.82, 2.24) is 4.90 Å². The fourth-order valence-electron chi connectivity index (χ4n) is 1.21. The zero-order valence-corrected chi connectivity index (χ0v) is 11.1. The summed E-state index contributed by atoms with van der Waals surface area (Å²) in [5.74, 6) is 0.350. The summed E-state index contributed by atoms with van der Waals surface area (Å²) in [5.41, 5.74) is 0.939. The third-order valence-electron chi connectivity index (χ3n) is 2.43. The monoisotopic (exact) mass is 293 g/mol. The molecule has 15 heavy (non-hydrogen) atoms.